The third kappa shape index (κ3) is 4.20. The van der Waals surface area contributed by atoms with Crippen LogP contribution < -0.4 is 5.32 Å². The zero-order chi connectivity index (χ0) is 12.0. The second kappa shape index (κ2) is 6.50. The Bertz CT molecular complexity index is 338. The molecule has 1 rings (SSSR count). The number of carbonyl (C=O) groups is 1. The Morgan fingerprint density at radius 2 is 2.38 bits per heavy atom. The van der Waals surface area contributed by atoms with Crippen LogP contribution in [0.2, 0.25) is 0 Å². The highest BCUT2D eigenvalue weighted by Crippen LogP contribution is 2.14. The van der Waals surface area contributed by atoms with Crippen molar-refractivity contribution in [1.82, 2.24) is 10.3 Å². The summed E-state index contributed by atoms with van der Waals surface area (Å²) in [5, 5.41) is 12.6. The summed E-state index contributed by atoms with van der Waals surface area (Å²) in [5.41, 5.74) is 0.515. The minimum atomic E-state index is -0.535. The average Bonchev–Trinajstić information content (AvgIpc) is 2.27. The molecule has 1 amide bonds. The van der Waals surface area contributed by atoms with Gasteiger partial charge in [-0.25, -0.2) is 4.98 Å². The van der Waals surface area contributed by atoms with Crippen LogP contribution in [-0.2, 0) is 0 Å². The van der Waals surface area contributed by atoms with Crippen molar-refractivity contribution in [2.24, 2.45) is 0 Å². The molecule has 4 nitrogen and oxygen atoms in total. The van der Waals surface area contributed by atoms with Crippen molar-refractivity contribution in [3.63, 3.8) is 0 Å². The van der Waals surface area contributed by atoms with E-state index in [1.165, 1.54) is 0 Å². The van der Waals surface area contributed by atoms with Crippen LogP contribution in [0.25, 0.3) is 0 Å². The standard InChI is InChI=1S/C11H16N2O2S/c1-3-16-10-5-4-9(7-12-10)11(15)13-6-8(2)14/h4-5,7-8,14H,3,6H2,1-2H3,(H,13,15). The summed E-state index contributed by atoms with van der Waals surface area (Å²) in [4.78, 5) is 15.7. The highest BCUT2D eigenvalue weighted by molar-refractivity contribution is 7.99. The van der Waals surface area contributed by atoms with Crippen LogP contribution in [0.4, 0.5) is 0 Å². The molecule has 0 radical (unpaired) electrons. The largest absolute Gasteiger partial charge is 0.392 e. The number of aliphatic hydroxyl groups excluding tert-OH is 1. The van der Waals surface area contributed by atoms with E-state index in [1.807, 2.05) is 6.07 Å². The van der Waals surface area contributed by atoms with Crippen LogP contribution in [0.3, 0.4) is 0 Å². The van der Waals surface area contributed by atoms with Gasteiger partial charge in [-0.1, -0.05) is 6.92 Å². The summed E-state index contributed by atoms with van der Waals surface area (Å²) < 4.78 is 0. The summed E-state index contributed by atoms with van der Waals surface area (Å²) in [5.74, 6) is 0.752. The molecule has 0 aromatic carbocycles. The van der Waals surface area contributed by atoms with Gasteiger partial charge in [-0.2, -0.15) is 0 Å². The number of nitrogens with one attached hydrogen (secondary N) is 1. The molecule has 88 valence electrons. The van der Waals surface area contributed by atoms with Crippen molar-refractivity contribution in [2.45, 2.75) is 25.0 Å². The number of aromatic nitrogens is 1. The number of pyridine rings is 1. The Labute approximate surface area is 99.5 Å². The monoisotopic (exact) mass is 240 g/mol. The molecule has 0 aliphatic heterocycles. The van der Waals surface area contributed by atoms with Gasteiger partial charge in [-0.15, -0.1) is 11.8 Å². The molecule has 1 aromatic heterocycles. The Kier molecular flexibility index (Phi) is 5.28. The molecule has 0 aliphatic rings. The predicted molar refractivity (Wildman–Crippen MR) is 64.6 cm³/mol. The van der Waals surface area contributed by atoms with Crippen molar-refractivity contribution in [2.75, 3.05) is 12.3 Å². The third-order valence-corrected chi connectivity index (χ3v) is 2.67. The molecule has 5 heteroatoms. The van der Waals surface area contributed by atoms with E-state index >= 15 is 0 Å². The van der Waals surface area contributed by atoms with Gasteiger partial charge in [0.15, 0.2) is 0 Å². The molecule has 1 aromatic rings. The van der Waals surface area contributed by atoms with Crippen LogP contribution in [-0.4, -0.2) is 34.4 Å². The van der Waals surface area contributed by atoms with E-state index in [-0.39, 0.29) is 12.5 Å². The first-order valence-corrected chi connectivity index (χ1v) is 6.17. The summed E-state index contributed by atoms with van der Waals surface area (Å²) >= 11 is 1.63. The highest BCUT2D eigenvalue weighted by Gasteiger charge is 2.06. The van der Waals surface area contributed by atoms with Crippen LogP contribution in [0.15, 0.2) is 23.4 Å². The summed E-state index contributed by atoms with van der Waals surface area (Å²) in [7, 11) is 0. The van der Waals surface area contributed by atoms with E-state index in [9.17, 15) is 4.79 Å². The van der Waals surface area contributed by atoms with Gasteiger partial charge in [-0.3, -0.25) is 4.79 Å². The Morgan fingerprint density at radius 3 is 2.88 bits per heavy atom. The second-order valence-electron chi connectivity index (χ2n) is 3.38. The minimum absolute atomic E-state index is 0.207. The maximum atomic E-state index is 11.5. The van der Waals surface area contributed by atoms with E-state index in [2.05, 4.69) is 17.2 Å². The van der Waals surface area contributed by atoms with Crippen LogP contribution in [0.5, 0.6) is 0 Å². The molecule has 2 N–H and O–H groups in total. The average molecular weight is 240 g/mol. The fourth-order valence-electron chi connectivity index (χ4n) is 1.09. The number of nitrogens with zero attached hydrogens (tertiary/aromatic N) is 1. The predicted octanol–water partition coefficient (Wildman–Crippen LogP) is 1.30. The summed E-state index contributed by atoms with van der Waals surface area (Å²) in [6.45, 7) is 3.93. The molecule has 16 heavy (non-hydrogen) atoms. The van der Waals surface area contributed by atoms with Crippen molar-refractivity contribution >= 4 is 17.7 Å². The molecule has 1 unspecified atom stereocenters. The first-order chi connectivity index (χ1) is 7.63. The number of aliphatic hydroxyl groups is 1. The molecule has 0 fully saturated rings. The van der Waals surface area contributed by atoms with Crippen LogP contribution in [0.1, 0.15) is 24.2 Å². The molecule has 0 saturated heterocycles. The summed E-state index contributed by atoms with van der Waals surface area (Å²) in [6.07, 6.45) is 1.02. The lowest BCUT2D eigenvalue weighted by Crippen LogP contribution is -2.30. The fraction of sp³-hybridized carbons (Fsp3) is 0.455. The lowest BCUT2D eigenvalue weighted by atomic mass is 10.2. The van der Waals surface area contributed by atoms with E-state index in [0.29, 0.717) is 5.56 Å². The van der Waals surface area contributed by atoms with Gasteiger partial charge in [0.1, 0.15) is 0 Å². The van der Waals surface area contributed by atoms with Gasteiger partial charge >= 0.3 is 0 Å². The number of amides is 1. The quantitative estimate of drug-likeness (QED) is 0.762. The van der Waals surface area contributed by atoms with Gasteiger partial charge in [0.2, 0.25) is 0 Å². The van der Waals surface area contributed by atoms with Crippen LogP contribution >= 0.6 is 11.8 Å². The minimum Gasteiger partial charge on any atom is -0.392 e. The van der Waals surface area contributed by atoms with Gasteiger partial charge in [-0.05, 0) is 24.8 Å². The molecule has 0 aliphatic carbocycles. The second-order valence-corrected chi connectivity index (χ2v) is 4.66. The molecule has 0 bridgehead atoms. The number of hydrogen-bond acceptors (Lipinski definition) is 4. The van der Waals surface area contributed by atoms with Crippen LogP contribution in [0, 0.1) is 0 Å². The SMILES string of the molecule is CCSc1ccc(C(=O)NCC(C)O)cn1. The molecule has 1 heterocycles. The van der Waals surface area contributed by atoms with Gasteiger partial charge in [0.05, 0.1) is 16.7 Å². The molecular weight excluding hydrogens is 224 g/mol. The topological polar surface area (TPSA) is 62.2 Å². The van der Waals surface area contributed by atoms with E-state index < -0.39 is 6.10 Å². The van der Waals surface area contributed by atoms with Crippen molar-refractivity contribution in [3.8, 4) is 0 Å². The zero-order valence-corrected chi connectivity index (χ0v) is 10.3. The Balaban J connectivity index is 2.56. The lowest BCUT2D eigenvalue weighted by Gasteiger charge is -2.07. The van der Waals surface area contributed by atoms with Gasteiger partial charge in [0.25, 0.3) is 5.91 Å². The number of hydrogen-bond donors (Lipinski definition) is 2. The van der Waals surface area contributed by atoms with Crippen molar-refractivity contribution in [1.29, 1.82) is 0 Å². The van der Waals surface area contributed by atoms with E-state index in [0.717, 1.165) is 10.8 Å². The molecular formula is C11H16N2O2S. The van der Waals surface area contributed by atoms with Gasteiger partial charge < -0.3 is 10.4 Å². The van der Waals surface area contributed by atoms with Gasteiger partial charge in [0, 0.05) is 12.7 Å². The Hall–Kier alpha value is -1.07. The Morgan fingerprint density at radius 1 is 1.62 bits per heavy atom. The zero-order valence-electron chi connectivity index (χ0n) is 9.43. The maximum Gasteiger partial charge on any atom is 0.252 e. The normalized spacial score (nSPS) is 12.2. The lowest BCUT2D eigenvalue weighted by molar-refractivity contribution is 0.0923. The third-order valence-electron chi connectivity index (χ3n) is 1.85. The molecule has 0 saturated carbocycles. The van der Waals surface area contributed by atoms with Crippen molar-refractivity contribution in [3.05, 3.63) is 23.9 Å². The van der Waals surface area contributed by atoms with E-state index in [1.54, 1.807) is 30.9 Å². The number of thioether (sulfide) groups is 1. The number of carbonyl (C=O) groups excluding carboxylic acids is 1. The highest BCUT2D eigenvalue weighted by atomic mass is 32.2. The van der Waals surface area contributed by atoms with Crippen molar-refractivity contribution < 1.29 is 9.90 Å². The fourth-order valence-corrected chi connectivity index (χ4v) is 1.68. The summed E-state index contributed by atoms with van der Waals surface area (Å²) in [6, 6.07) is 3.56. The number of rotatable bonds is 5. The van der Waals surface area contributed by atoms with E-state index in [4.69, 9.17) is 5.11 Å². The first kappa shape index (κ1) is 13.0. The molecule has 1 atom stereocenters. The molecule has 0 spiro atoms. The first-order valence-electron chi connectivity index (χ1n) is 5.18. The smallest absolute Gasteiger partial charge is 0.252 e. The maximum absolute atomic E-state index is 11.5.